The molecule has 0 aliphatic heterocycles. The highest BCUT2D eigenvalue weighted by Gasteiger charge is 2.14. The number of nitrogens with two attached hydrogens (primary N) is 2. The Bertz CT molecular complexity index is 870. The van der Waals surface area contributed by atoms with Crippen LogP contribution in [-0.4, -0.2) is 9.78 Å². The molecule has 0 unspecified atom stereocenters. The van der Waals surface area contributed by atoms with Gasteiger partial charge in [0.1, 0.15) is 11.5 Å². The molecule has 8 heteroatoms. The monoisotopic (exact) mass is 314 g/mol. The van der Waals surface area contributed by atoms with Crippen LogP contribution in [0.1, 0.15) is 0 Å². The molecule has 23 heavy (non-hydrogen) atoms. The molecule has 3 aromatic rings. The number of rotatable bonds is 3. The molecule has 0 spiro atoms. The van der Waals surface area contributed by atoms with Gasteiger partial charge in [0.05, 0.1) is 5.69 Å². The van der Waals surface area contributed by atoms with Gasteiger partial charge in [-0.1, -0.05) is 12.1 Å². The Morgan fingerprint density at radius 2 is 1.61 bits per heavy atom. The molecule has 0 bridgehead atoms. The van der Waals surface area contributed by atoms with Gasteiger partial charge in [0.25, 0.3) is 0 Å². The van der Waals surface area contributed by atoms with Gasteiger partial charge in [-0.2, -0.15) is 0 Å². The number of hydrogen-bond acceptors (Lipinski definition) is 5. The van der Waals surface area contributed by atoms with E-state index in [1.807, 2.05) is 0 Å². The van der Waals surface area contributed by atoms with Crippen molar-refractivity contribution in [3.05, 3.63) is 60.2 Å². The number of aromatic nitrogens is 2. The summed E-state index contributed by atoms with van der Waals surface area (Å²) >= 11 is 0. The third kappa shape index (κ3) is 2.86. The van der Waals surface area contributed by atoms with Crippen molar-refractivity contribution in [3.63, 3.8) is 0 Å². The molecule has 1 heterocycles. The zero-order valence-electron chi connectivity index (χ0n) is 11.8. The first-order chi connectivity index (χ1) is 11.1. The fraction of sp³-hybridized carbons (Fsp3) is 0. The molecule has 0 fully saturated rings. The van der Waals surface area contributed by atoms with Crippen molar-refractivity contribution in [2.24, 2.45) is 10.2 Å². The van der Waals surface area contributed by atoms with Gasteiger partial charge in [-0.05, 0) is 36.4 Å². The topological polar surface area (TPSA) is 94.6 Å². The van der Waals surface area contributed by atoms with Crippen LogP contribution in [0, 0.1) is 11.6 Å². The Hall–Kier alpha value is -3.29. The third-order valence-corrected chi connectivity index (χ3v) is 3.10. The normalized spacial score (nSPS) is 11.2. The number of nitrogens with zero attached hydrogens (tertiary/aromatic N) is 4. The van der Waals surface area contributed by atoms with Crippen molar-refractivity contribution in [2.45, 2.75) is 0 Å². The van der Waals surface area contributed by atoms with Crippen LogP contribution in [0.25, 0.3) is 5.69 Å². The number of nitrogen functional groups attached to an aromatic ring is 2. The summed E-state index contributed by atoms with van der Waals surface area (Å²) in [5.74, 6) is -0.743. The number of halogens is 2. The first-order valence-electron chi connectivity index (χ1n) is 6.62. The molecule has 4 N–H and O–H groups in total. The zero-order valence-corrected chi connectivity index (χ0v) is 11.8. The van der Waals surface area contributed by atoms with Crippen LogP contribution < -0.4 is 11.5 Å². The second kappa shape index (κ2) is 5.84. The van der Waals surface area contributed by atoms with Crippen LogP contribution in [0.5, 0.6) is 0 Å². The summed E-state index contributed by atoms with van der Waals surface area (Å²) in [6, 6.07) is 11.4. The smallest absolute Gasteiger partial charge is 0.176 e. The number of hydrogen-bond donors (Lipinski definition) is 2. The fourth-order valence-electron chi connectivity index (χ4n) is 1.96. The van der Waals surface area contributed by atoms with E-state index in [-0.39, 0.29) is 28.8 Å². The van der Waals surface area contributed by atoms with Crippen LogP contribution in [0.4, 0.5) is 31.8 Å². The van der Waals surface area contributed by atoms with Gasteiger partial charge < -0.3 is 11.5 Å². The molecule has 0 atom stereocenters. The third-order valence-electron chi connectivity index (χ3n) is 3.10. The SMILES string of the molecule is Nc1nn(-c2ccc(F)cc2)c(N)c1N=Nc1ccccc1F. The van der Waals surface area contributed by atoms with Gasteiger partial charge in [0.2, 0.25) is 0 Å². The second-order valence-electron chi connectivity index (χ2n) is 4.66. The maximum atomic E-state index is 13.5. The molecule has 2 aromatic carbocycles. The van der Waals surface area contributed by atoms with Gasteiger partial charge in [-0.15, -0.1) is 15.3 Å². The Morgan fingerprint density at radius 3 is 2.30 bits per heavy atom. The van der Waals surface area contributed by atoms with Crippen LogP contribution in [0.3, 0.4) is 0 Å². The van der Waals surface area contributed by atoms with Crippen molar-refractivity contribution in [2.75, 3.05) is 11.5 Å². The highest BCUT2D eigenvalue weighted by molar-refractivity contribution is 5.73. The summed E-state index contributed by atoms with van der Waals surface area (Å²) in [6.07, 6.45) is 0. The van der Waals surface area contributed by atoms with Gasteiger partial charge in [-0.3, -0.25) is 0 Å². The van der Waals surface area contributed by atoms with E-state index in [0.29, 0.717) is 5.69 Å². The van der Waals surface area contributed by atoms with Gasteiger partial charge in [0.15, 0.2) is 23.1 Å². The lowest BCUT2D eigenvalue weighted by Crippen LogP contribution is -2.01. The standard InChI is InChI=1S/C15H12F2N6/c16-9-5-7-10(8-6-9)23-15(19)13(14(18)22-23)21-20-12-4-2-1-3-11(12)17/h1-8H,19H2,(H2,18,22). The predicted molar refractivity (Wildman–Crippen MR) is 82.9 cm³/mol. The van der Waals surface area contributed by atoms with Gasteiger partial charge >= 0.3 is 0 Å². The fourth-order valence-corrected chi connectivity index (χ4v) is 1.96. The molecular weight excluding hydrogens is 302 g/mol. The molecule has 0 saturated carbocycles. The number of anilines is 2. The summed E-state index contributed by atoms with van der Waals surface area (Å²) in [7, 11) is 0. The number of azo groups is 1. The molecule has 0 amide bonds. The summed E-state index contributed by atoms with van der Waals surface area (Å²) in [5, 5.41) is 11.7. The largest absolute Gasteiger partial charge is 0.382 e. The van der Waals surface area contributed by atoms with Gasteiger partial charge in [0, 0.05) is 0 Å². The Kier molecular flexibility index (Phi) is 3.71. The molecule has 6 nitrogen and oxygen atoms in total. The summed E-state index contributed by atoms with van der Waals surface area (Å²) in [5.41, 5.74) is 12.4. The minimum atomic E-state index is -0.515. The van der Waals surface area contributed by atoms with E-state index in [1.165, 1.54) is 41.1 Å². The lowest BCUT2D eigenvalue weighted by Gasteiger charge is -2.03. The molecule has 3 rings (SSSR count). The van der Waals surface area contributed by atoms with E-state index in [4.69, 9.17) is 11.5 Å². The van der Waals surface area contributed by atoms with E-state index in [0.717, 1.165) is 0 Å². The van der Waals surface area contributed by atoms with E-state index in [9.17, 15) is 8.78 Å². The summed E-state index contributed by atoms with van der Waals surface area (Å²) in [4.78, 5) is 0. The summed E-state index contributed by atoms with van der Waals surface area (Å²) < 4.78 is 27.8. The van der Waals surface area contributed by atoms with Crippen molar-refractivity contribution in [1.29, 1.82) is 0 Å². The molecule has 116 valence electrons. The van der Waals surface area contributed by atoms with Crippen LogP contribution >= 0.6 is 0 Å². The van der Waals surface area contributed by atoms with Crippen LogP contribution in [0.2, 0.25) is 0 Å². The maximum Gasteiger partial charge on any atom is 0.176 e. The van der Waals surface area contributed by atoms with E-state index < -0.39 is 5.82 Å². The van der Waals surface area contributed by atoms with Crippen LogP contribution in [0.15, 0.2) is 58.8 Å². The van der Waals surface area contributed by atoms with Crippen molar-refractivity contribution in [3.8, 4) is 5.69 Å². The minimum Gasteiger partial charge on any atom is -0.382 e. The number of benzene rings is 2. The maximum absolute atomic E-state index is 13.5. The van der Waals surface area contributed by atoms with Crippen LogP contribution in [-0.2, 0) is 0 Å². The molecule has 1 aromatic heterocycles. The Labute approximate surface area is 130 Å². The van der Waals surface area contributed by atoms with Gasteiger partial charge in [-0.25, -0.2) is 13.5 Å². The first-order valence-corrected chi connectivity index (χ1v) is 6.62. The lowest BCUT2D eigenvalue weighted by molar-refractivity contribution is 0.627. The predicted octanol–water partition coefficient (Wildman–Crippen LogP) is 3.73. The molecule has 0 aliphatic rings. The average Bonchev–Trinajstić information content (AvgIpc) is 2.82. The average molecular weight is 314 g/mol. The Balaban J connectivity index is 1.98. The van der Waals surface area contributed by atoms with Crippen molar-refractivity contribution in [1.82, 2.24) is 9.78 Å². The van der Waals surface area contributed by atoms with Crippen molar-refractivity contribution < 1.29 is 8.78 Å². The highest BCUT2D eigenvalue weighted by atomic mass is 19.1. The van der Waals surface area contributed by atoms with E-state index in [2.05, 4.69) is 15.3 Å². The first kappa shape index (κ1) is 14.6. The quantitative estimate of drug-likeness (QED) is 0.721. The van der Waals surface area contributed by atoms with Crippen molar-refractivity contribution >= 4 is 23.0 Å². The highest BCUT2D eigenvalue weighted by Crippen LogP contribution is 2.32. The van der Waals surface area contributed by atoms with E-state index in [1.54, 1.807) is 12.1 Å². The van der Waals surface area contributed by atoms with E-state index >= 15 is 0 Å². The molecule has 0 saturated heterocycles. The Morgan fingerprint density at radius 1 is 0.913 bits per heavy atom. The molecule has 0 aliphatic carbocycles. The summed E-state index contributed by atoms with van der Waals surface area (Å²) in [6.45, 7) is 0. The lowest BCUT2D eigenvalue weighted by atomic mass is 10.3. The second-order valence-corrected chi connectivity index (χ2v) is 4.66. The zero-order chi connectivity index (χ0) is 16.4. The molecule has 0 radical (unpaired) electrons. The minimum absolute atomic E-state index is 0.0342. The molecular formula is C15H12F2N6.